The van der Waals surface area contributed by atoms with Crippen LogP contribution < -0.4 is 5.32 Å². The number of aliphatic carboxylic acids is 2. The summed E-state index contributed by atoms with van der Waals surface area (Å²) in [6.07, 6.45) is 0.829. The van der Waals surface area contributed by atoms with Crippen LogP contribution in [0.1, 0.15) is 16.9 Å². The molecule has 1 atom stereocenters. The number of rotatable bonds is 5. The summed E-state index contributed by atoms with van der Waals surface area (Å²) < 4.78 is 1.38. The molecule has 0 aliphatic heterocycles. The van der Waals surface area contributed by atoms with Crippen molar-refractivity contribution < 1.29 is 24.6 Å². The number of aryl methyl sites for hydroxylation is 1. The predicted molar refractivity (Wildman–Crippen MR) is 54.4 cm³/mol. The average Bonchev–Trinajstić information content (AvgIpc) is 2.63. The molecule has 0 fully saturated rings. The molecule has 1 rings (SSSR count). The minimum Gasteiger partial charge on any atom is -0.481 e. The van der Waals surface area contributed by atoms with Crippen molar-refractivity contribution in [3.05, 3.63) is 18.0 Å². The molecule has 17 heavy (non-hydrogen) atoms. The van der Waals surface area contributed by atoms with Crippen molar-refractivity contribution in [2.24, 2.45) is 7.05 Å². The van der Waals surface area contributed by atoms with Crippen LogP contribution in [0.2, 0.25) is 0 Å². The summed E-state index contributed by atoms with van der Waals surface area (Å²) in [7, 11) is 1.60. The Morgan fingerprint density at radius 3 is 2.53 bits per heavy atom. The van der Waals surface area contributed by atoms with Crippen molar-refractivity contribution in [2.75, 3.05) is 0 Å². The highest BCUT2D eigenvalue weighted by Crippen LogP contribution is 1.98. The number of amides is 1. The third kappa shape index (κ3) is 3.59. The van der Waals surface area contributed by atoms with E-state index in [1.54, 1.807) is 7.05 Å². The molecule has 0 spiro atoms. The van der Waals surface area contributed by atoms with E-state index >= 15 is 0 Å². The van der Waals surface area contributed by atoms with Crippen LogP contribution in [0.4, 0.5) is 0 Å². The Balaban J connectivity index is 2.70. The molecule has 0 aliphatic rings. The summed E-state index contributed by atoms with van der Waals surface area (Å²) in [5.41, 5.74) is 0.0316. The van der Waals surface area contributed by atoms with Gasteiger partial charge in [0.15, 0.2) is 0 Å². The van der Waals surface area contributed by atoms with Crippen molar-refractivity contribution in [3.8, 4) is 0 Å². The van der Waals surface area contributed by atoms with E-state index in [4.69, 9.17) is 10.2 Å². The van der Waals surface area contributed by atoms with Crippen LogP contribution in [-0.4, -0.2) is 43.9 Å². The largest absolute Gasteiger partial charge is 0.481 e. The number of carboxylic acids is 2. The quantitative estimate of drug-likeness (QED) is 0.612. The van der Waals surface area contributed by atoms with Crippen molar-refractivity contribution in [1.82, 2.24) is 15.1 Å². The second kappa shape index (κ2) is 5.10. The molecule has 0 radical (unpaired) electrons. The van der Waals surface area contributed by atoms with Gasteiger partial charge in [0.1, 0.15) is 11.7 Å². The van der Waals surface area contributed by atoms with E-state index in [2.05, 4.69) is 10.4 Å². The van der Waals surface area contributed by atoms with Gasteiger partial charge in [0.05, 0.1) is 6.42 Å². The molecule has 8 nitrogen and oxygen atoms in total. The van der Waals surface area contributed by atoms with E-state index in [0.29, 0.717) is 0 Å². The highest BCUT2D eigenvalue weighted by molar-refractivity contribution is 5.95. The molecule has 0 aliphatic carbocycles. The maximum atomic E-state index is 11.5. The number of aromatic nitrogens is 2. The first-order valence-electron chi connectivity index (χ1n) is 4.65. The van der Waals surface area contributed by atoms with Gasteiger partial charge in [-0.1, -0.05) is 0 Å². The molecule has 0 aromatic carbocycles. The number of hydrogen-bond donors (Lipinski definition) is 3. The first-order valence-corrected chi connectivity index (χ1v) is 4.65. The van der Waals surface area contributed by atoms with Gasteiger partial charge >= 0.3 is 11.9 Å². The Morgan fingerprint density at radius 2 is 2.12 bits per heavy atom. The summed E-state index contributed by atoms with van der Waals surface area (Å²) in [6, 6.07) is -0.0725. The molecule has 0 unspecified atom stereocenters. The third-order valence-electron chi connectivity index (χ3n) is 1.93. The topological polar surface area (TPSA) is 122 Å². The lowest BCUT2D eigenvalue weighted by Gasteiger charge is -2.10. The fraction of sp³-hybridized carbons (Fsp3) is 0.333. The van der Waals surface area contributed by atoms with Gasteiger partial charge in [0.25, 0.3) is 5.91 Å². The van der Waals surface area contributed by atoms with Crippen LogP contribution in [0.5, 0.6) is 0 Å². The standard InChI is InChI=1S/C9H11N3O5/c1-12-3-2-5(11-12)8(15)10-6(9(16)17)4-7(13)14/h2-3,6H,4H2,1H3,(H,10,15)(H,13,14)(H,16,17)/t6-/m1/s1. The van der Waals surface area contributed by atoms with Crippen molar-refractivity contribution in [2.45, 2.75) is 12.5 Å². The fourth-order valence-electron chi connectivity index (χ4n) is 1.14. The Morgan fingerprint density at radius 1 is 1.47 bits per heavy atom. The summed E-state index contributed by atoms with van der Waals surface area (Å²) >= 11 is 0. The van der Waals surface area contributed by atoms with Crippen molar-refractivity contribution in [1.29, 1.82) is 0 Å². The lowest BCUT2D eigenvalue weighted by Crippen LogP contribution is -2.42. The lowest BCUT2D eigenvalue weighted by molar-refractivity contribution is -0.145. The number of carboxylic acid groups (broad SMARTS) is 2. The molecule has 1 aromatic rings. The van der Waals surface area contributed by atoms with E-state index in [9.17, 15) is 14.4 Å². The van der Waals surface area contributed by atoms with Crippen molar-refractivity contribution in [3.63, 3.8) is 0 Å². The predicted octanol–water partition coefficient (Wildman–Crippen LogP) is -0.922. The molecule has 0 saturated carbocycles. The van der Waals surface area contributed by atoms with E-state index in [-0.39, 0.29) is 5.69 Å². The fourth-order valence-corrected chi connectivity index (χ4v) is 1.14. The third-order valence-corrected chi connectivity index (χ3v) is 1.93. The van der Waals surface area contributed by atoms with Crippen LogP contribution >= 0.6 is 0 Å². The zero-order valence-corrected chi connectivity index (χ0v) is 8.95. The number of nitrogens with one attached hydrogen (secondary N) is 1. The Bertz CT molecular complexity index is 453. The van der Waals surface area contributed by atoms with E-state index in [1.807, 2.05) is 0 Å². The van der Waals surface area contributed by atoms with E-state index < -0.39 is 30.3 Å². The zero-order chi connectivity index (χ0) is 13.0. The number of carbonyl (C=O) groups excluding carboxylic acids is 1. The Hall–Kier alpha value is -2.38. The Labute approximate surface area is 95.9 Å². The molecule has 1 aromatic heterocycles. The average molecular weight is 241 g/mol. The van der Waals surface area contributed by atoms with Crippen LogP contribution in [0.3, 0.4) is 0 Å². The normalized spacial score (nSPS) is 11.8. The maximum absolute atomic E-state index is 11.5. The van der Waals surface area contributed by atoms with Gasteiger partial charge in [-0.3, -0.25) is 14.3 Å². The number of nitrogens with zero attached hydrogens (tertiary/aromatic N) is 2. The highest BCUT2D eigenvalue weighted by Gasteiger charge is 2.24. The van der Waals surface area contributed by atoms with E-state index in [0.717, 1.165) is 0 Å². The van der Waals surface area contributed by atoms with Gasteiger partial charge in [-0.25, -0.2) is 4.79 Å². The van der Waals surface area contributed by atoms with Gasteiger partial charge in [0.2, 0.25) is 0 Å². The summed E-state index contributed by atoms with van der Waals surface area (Å²) in [4.78, 5) is 32.6. The first-order chi connectivity index (χ1) is 7.90. The first kappa shape index (κ1) is 12.7. The summed E-state index contributed by atoms with van der Waals surface area (Å²) in [5, 5.41) is 23.1. The molecular weight excluding hydrogens is 230 g/mol. The zero-order valence-electron chi connectivity index (χ0n) is 8.95. The van der Waals surface area contributed by atoms with Crippen molar-refractivity contribution >= 4 is 17.8 Å². The van der Waals surface area contributed by atoms with Crippen LogP contribution in [0.25, 0.3) is 0 Å². The van der Waals surface area contributed by atoms with Gasteiger partial charge in [-0.15, -0.1) is 0 Å². The van der Waals surface area contributed by atoms with Crippen LogP contribution in [0, 0.1) is 0 Å². The summed E-state index contributed by atoms with van der Waals surface area (Å²) in [6.45, 7) is 0. The number of hydrogen-bond acceptors (Lipinski definition) is 4. The summed E-state index contributed by atoms with van der Waals surface area (Å²) in [5.74, 6) is -3.44. The maximum Gasteiger partial charge on any atom is 0.326 e. The molecule has 8 heteroatoms. The molecule has 1 amide bonds. The second-order valence-electron chi connectivity index (χ2n) is 3.34. The monoisotopic (exact) mass is 241 g/mol. The molecule has 1 heterocycles. The smallest absolute Gasteiger partial charge is 0.326 e. The Kier molecular flexibility index (Phi) is 3.81. The SMILES string of the molecule is Cn1ccc(C(=O)N[C@H](CC(=O)O)C(=O)O)n1. The van der Waals surface area contributed by atoms with Crippen LogP contribution in [-0.2, 0) is 16.6 Å². The molecule has 92 valence electrons. The lowest BCUT2D eigenvalue weighted by atomic mass is 10.2. The highest BCUT2D eigenvalue weighted by atomic mass is 16.4. The minimum atomic E-state index is -1.47. The molecule has 3 N–H and O–H groups in total. The van der Waals surface area contributed by atoms with E-state index in [1.165, 1.54) is 16.9 Å². The minimum absolute atomic E-state index is 0.0316. The van der Waals surface area contributed by atoms with Gasteiger partial charge in [-0.2, -0.15) is 5.10 Å². The molecular formula is C9H11N3O5. The second-order valence-corrected chi connectivity index (χ2v) is 3.34. The molecule has 0 saturated heterocycles. The van der Waals surface area contributed by atoms with Gasteiger partial charge in [-0.05, 0) is 6.07 Å². The van der Waals surface area contributed by atoms with Gasteiger partial charge in [0, 0.05) is 13.2 Å². The van der Waals surface area contributed by atoms with Gasteiger partial charge < -0.3 is 15.5 Å². The van der Waals surface area contributed by atoms with Crippen LogP contribution in [0.15, 0.2) is 12.3 Å². The molecule has 0 bridgehead atoms. The number of carbonyl (C=O) groups is 3.